The summed E-state index contributed by atoms with van der Waals surface area (Å²) in [6.07, 6.45) is 1.66. The van der Waals surface area contributed by atoms with E-state index in [1.807, 2.05) is 52.8 Å². The number of aliphatic carboxylic acids is 1. The summed E-state index contributed by atoms with van der Waals surface area (Å²) >= 11 is 0. The van der Waals surface area contributed by atoms with Crippen LogP contribution in [0.15, 0.2) is 66.7 Å². The Morgan fingerprint density at radius 2 is 1.62 bits per heavy atom. The Labute approximate surface area is 199 Å². The standard InChI is InChI=1S/C29H28N2O3/c1-3-20-5-7-21(8-6-20)22-9-11-23(12-10-22)29(34)30-15-14-26-25(17-30)24-13-4-19(2)16-27(24)31(26)18-28(32)33/h4-13,16H,3,14-15,17-18H2,1-2H3,(H,32,33). The number of nitrogens with zero attached hydrogens (tertiary/aromatic N) is 2. The molecule has 0 spiro atoms. The van der Waals surface area contributed by atoms with Gasteiger partial charge in [-0.3, -0.25) is 9.59 Å². The van der Waals surface area contributed by atoms with E-state index in [-0.39, 0.29) is 12.5 Å². The average molecular weight is 453 g/mol. The molecule has 1 aliphatic heterocycles. The number of aromatic nitrogens is 1. The first-order chi connectivity index (χ1) is 16.4. The minimum Gasteiger partial charge on any atom is -0.480 e. The molecule has 0 aliphatic carbocycles. The van der Waals surface area contributed by atoms with Crippen LogP contribution >= 0.6 is 0 Å². The van der Waals surface area contributed by atoms with E-state index in [1.54, 1.807) is 0 Å². The molecule has 4 aromatic rings. The molecule has 0 atom stereocenters. The summed E-state index contributed by atoms with van der Waals surface area (Å²) < 4.78 is 1.90. The molecule has 0 bridgehead atoms. The highest BCUT2D eigenvalue weighted by molar-refractivity contribution is 5.96. The van der Waals surface area contributed by atoms with Gasteiger partial charge in [-0.1, -0.05) is 55.5 Å². The van der Waals surface area contributed by atoms with Crippen molar-refractivity contribution in [2.45, 2.75) is 39.8 Å². The molecular formula is C29H28N2O3. The number of hydrogen-bond donors (Lipinski definition) is 1. The van der Waals surface area contributed by atoms with E-state index in [9.17, 15) is 14.7 Å². The van der Waals surface area contributed by atoms with Gasteiger partial charge in [0.1, 0.15) is 6.54 Å². The van der Waals surface area contributed by atoms with Crippen LogP contribution in [0.4, 0.5) is 0 Å². The molecule has 1 amide bonds. The van der Waals surface area contributed by atoms with Crippen molar-refractivity contribution in [3.05, 3.63) is 94.7 Å². The number of fused-ring (bicyclic) bond motifs is 3. The minimum absolute atomic E-state index is 0.00442. The van der Waals surface area contributed by atoms with Gasteiger partial charge in [-0.05, 0) is 53.8 Å². The molecule has 0 unspecified atom stereocenters. The van der Waals surface area contributed by atoms with E-state index in [1.165, 1.54) is 5.56 Å². The first kappa shape index (κ1) is 22.0. The third-order valence-electron chi connectivity index (χ3n) is 6.82. The van der Waals surface area contributed by atoms with Gasteiger partial charge >= 0.3 is 5.97 Å². The van der Waals surface area contributed by atoms with E-state index in [2.05, 4.69) is 37.3 Å². The van der Waals surface area contributed by atoms with Crippen LogP contribution in [-0.4, -0.2) is 33.0 Å². The van der Waals surface area contributed by atoms with Crippen LogP contribution in [0.3, 0.4) is 0 Å². The Balaban J connectivity index is 1.41. The van der Waals surface area contributed by atoms with E-state index in [4.69, 9.17) is 0 Å². The lowest BCUT2D eigenvalue weighted by atomic mass is 10.0. The maximum absolute atomic E-state index is 13.3. The van der Waals surface area contributed by atoms with Crippen LogP contribution in [0.25, 0.3) is 22.0 Å². The van der Waals surface area contributed by atoms with Crippen molar-refractivity contribution in [3.8, 4) is 11.1 Å². The zero-order valence-electron chi connectivity index (χ0n) is 19.5. The fourth-order valence-corrected chi connectivity index (χ4v) is 4.97. The smallest absolute Gasteiger partial charge is 0.323 e. The summed E-state index contributed by atoms with van der Waals surface area (Å²) in [5.41, 5.74) is 8.31. The van der Waals surface area contributed by atoms with Crippen LogP contribution in [-0.2, 0) is 30.7 Å². The summed E-state index contributed by atoms with van der Waals surface area (Å²) in [7, 11) is 0. The van der Waals surface area contributed by atoms with Crippen molar-refractivity contribution in [3.63, 3.8) is 0 Å². The number of benzene rings is 3. The highest BCUT2D eigenvalue weighted by Crippen LogP contribution is 2.32. The number of carboxylic acids is 1. The van der Waals surface area contributed by atoms with Crippen molar-refractivity contribution in [2.75, 3.05) is 6.54 Å². The van der Waals surface area contributed by atoms with Gasteiger partial charge in [-0.2, -0.15) is 0 Å². The van der Waals surface area contributed by atoms with Crippen molar-refractivity contribution in [1.29, 1.82) is 0 Å². The molecule has 5 nitrogen and oxygen atoms in total. The fourth-order valence-electron chi connectivity index (χ4n) is 4.97. The van der Waals surface area contributed by atoms with Gasteiger partial charge in [0.05, 0.1) is 0 Å². The lowest BCUT2D eigenvalue weighted by molar-refractivity contribution is -0.137. The van der Waals surface area contributed by atoms with Gasteiger partial charge in [-0.15, -0.1) is 0 Å². The summed E-state index contributed by atoms with van der Waals surface area (Å²) in [6.45, 7) is 5.14. The topological polar surface area (TPSA) is 62.5 Å². The van der Waals surface area contributed by atoms with E-state index in [0.717, 1.165) is 45.3 Å². The van der Waals surface area contributed by atoms with Crippen LogP contribution in [0.5, 0.6) is 0 Å². The molecule has 3 aromatic carbocycles. The first-order valence-electron chi connectivity index (χ1n) is 11.8. The second-order valence-electron chi connectivity index (χ2n) is 9.03. The van der Waals surface area contributed by atoms with Gasteiger partial charge < -0.3 is 14.6 Å². The largest absolute Gasteiger partial charge is 0.480 e. The van der Waals surface area contributed by atoms with Crippen molar-refractivity contribution >= 4 is 22.8 Å². The normalized spacial score (nSPS) is 13.2. The molecule has 1 aromatic heterocycles. The number of carbonyl (C=O) groups excluding carboxylic acids is 1. The molecule has 2 heterocycles. The number of carboxylic acid groups (broad SMARTS) is 1. The van der Waals surface area contributed by atoms with Crippen LogP contribution in [0.2, 0.25) is 0 Å². The van der Waals surface area contributed by atoms with Crippen molar-refractivity contribution in [1.82, 2.24) is 9.47 Å². The van der Waals surface area contributed by atoms with Crippen LogP contribution in [0, 0.1) is 6.92 Å². The maximum Gasteiger partial charge on any atom is 0.323 e. The molecule has 0 fully saturated rings. The fraction of sp³-hybridized carbons (Fsp3) is 0.241. The Morgan fingerprint density at radius 1 is 0.941 bits per heavy atom. The Bertz CT molecular complexity index is 1380. The first-order valence-corrected chi connectivity index (χ1v) is 11.8. The molecule has 172 valence electrons. The Hall–Kier alpha value is -3.86. The highest BCUT2D eigenvalue weighted by atomic mass is 16.4. The maximum atomic E-state index is 13.3. The summed E-state index contributed by atoms with van der Waals surface area (Å²) in [5, 5.41) is 10.5. The molecular weight excluding hydrogens is 424 g/mol. The number of aryl methyl sites for hydroxylation is 2. The highest BCUT2D eigenvalue weighted by Gasteiger charge is 2.27. The Morgan fingerprint density at radius 3 is 2.26 bits per heavy atom. The van der Waals surface area contributed by atoms with Gasteiger partial charge in [-0.25, -0.2) is 0 Å². The monoisotopic (exact) mass is 452 g/mol. The lowest BCUT2D eigenvalue weighted by Crippen LogP contribution is -2.36. The van der Waals surface area contributed by atoms with E-state index in [0.29, 0.717) is 25.1 Å². The predicted molar refractivity (Wildman–Crippen MR) is 134 cm³/mol. The zero-order valence-corrected chi connectivity index (χ0v) is 19.5. The predicted octanol–water partition coefficient (Wildman–Crippen LogP) is 5.46. The summed E-state index contributed by atoms with van der Waals surface area (Å²) in [4.78, 5) is 26.7. The molecule has 1 aliphatic rings. The molecule has 0 saturated carbocycles. The van der Waals surface area contributed by atoms with E-state index < -0.39 is 5.97 Å². The minimum atomic E-state index is -0.857. The Kier molecular flexibility index (Phi) is 5.70. The molecule has 1 N–H and O–H groups in total. The van der Waals surface area contributed by atoms with Crippen molar-refractivity contribution < 1.29 is 14.7 Å². The van der Waals surface area contributed by atoms with Gasteiger partial charge in [0.25, 0.3) is 5.91 Å². The average Bonchev–Trinajstić information content (AvgIpc) is 3.15. The SMILES string of the molecule is CCc1ccc(-c2ccc(C(=O)N3CCc4c(c5ccc(C)cc5n4CC(=O)O)C3)cc2)cc1. The van der Waals surface area contributed by atoms with Crippen LogP contribution < -0.4 is 0 Å². The van der Waals surface area contributed by atoms with Gasteiger partial charge in [0, 0.05) is 47.2 Å². The summed E-state index contributed by atoms with van der Waals surface area (Å²) in [6, 6.07) is 22.5. The van der Waals surface area contributed by atoms with Gasteiger partial charge in [0.2, 0.25) is 0 Å². The zero-order chi connectivity index (χ0) is 23.8. The lowest BCUT2D eigenvalue weighted by Gasteiger charge is -2.28. The second-order valence-corrected chi connectivity index (χ2v) is 9.03. The second kappa shape index (κ2) is 8.82. The van der Waals surface area contributed by atoms with E-state index >= 15 is 0 Å². The number of hydrogen-bond acceptors (Lipinski definition) is 2. The number of rotatable bonds is 5. The molecule has 34 heavy (non-hydrogen) atoms. The third-order valence-corrected chi connectivity index (χ3v) is 6.82. The van der Waals surface area contributed by atoms with Crippen molar-refractivity contribution in [2.24, 2.45) is 0 Å². The molecule has 5 heteroatoms. The quantitative estimate of drug-likeness (QED) is 0.437. The molecule has 5 rings (SSSR count). The third kappa shape index (κ3) is 3.98. The number of amides is 1. The number of carbonyl (C=O) groups is 2. The van der Waals surface area contributed by atoms with Crippen LogP contribution in [0.1, 0.15) is 39.7 Å². The molecule has 0 radical (unpaired) electrons. The molecule has 0 saturated heterocycles. The summed E-state index contributed by atoms with van der Waals surface area (Å²) in [5.74, 6) is -0.853. The van der Waals surface area contributed by atoms with Gasteiger partial charge in [0.15, 0.2) is 0 Å².